The van der Waals surface area contributed by atoms with E-state index in [0.29, 0.717) is 6.21 Å². The summed E-state index contributed by atoms with van der Waals surface area (Å²) in [6.45, 7) is -0.424. The first-order valence-corrected chi connectivity index (χ1v) is 6.20. The van der Waals surface area contributed by atoms with E-state index in [1.54, 1.807) is 0 Å². The quantitative estimate of drug-likeness (QED) is 0.477. The molecular weight excluding hydrogens is 309 g/mol. The van der Waals surface area contributed by atoms with E-state index in [-0.39, 0.29) is 12.8 Å². The number of ketones is 1. The van der Waals surface area contributed by atoms with Crippen LogP contribution < -0.4 is 5.32 Å². The smallest absolute Gasteiger partial charge is 0.422 e. The van der Waals surface area contributed by atoms with Crippen molar-refractivity contribution in [1.29, 1.82) is 5.41 Å². The molecule has 10 heteroatoms. The van der Waals surface area contributed by atoms with Crippen molar-refractivity contribution in [2.45, 2.75) is 38.1 Å². The highest BCUT2D eigenvalue weighted by molar-refractivity contribution is 6.26. The molecule has 0 spiro atoms. The Labute approximate surface area is 124 Å². The monoisotopic (exact) mass is 326 g/mol. The molecule has 0 fully saturated rings. The Balaban J connectivity index is 4.76. The van der Waals surface area contributed by atoms with Gasteiger partial charge in [-0.25, -0.2) is 4.79 Å². The summed E-state index contributed by atoms with van der Waals surface area (Å²) in [5.74, 6) is -2.69. The Morgan fingerprint density at radius 1 is 1.32 bits per heavy atom. The number of carbonyl (C=O) groups excluding carboxylic acids is 3. The van der Waals surface area contributed by atoms with Gasteiger partial charge in [-0.2, -0.15) is 13.2 Å². The summed E-state index contributed by atoms with van der Waals surface area (Å²) in [5, 5.41) is 8.87. The third-order valence-corrected chi connectivity index (χ3v) is 2.54. The first-order chi connectivity index (χ1) is 10.1. The van der Waals surface area contributed by atoms with Gasteiger partial charge in [-0.1, -0.05) is 0 Å². The number of hydrogen-bond acceptors (Lipinski definition) is 6. The Bertz CT molecular complexity index is 425. The van der Waals surface area contributed by atoms with Crippen molar-refractivity contribution in [1.82, 2.24) is 5.32 Å². The Kier molecular flexibility index (Phi) is 8.31. The van der Waals surface area contributed by atoms with Crippen molar-refractivity contribution in [3.8, 4) is 0 Å². The molecule has 0 aromatic carbocycles. The minimum Gasteiger partial charge on any atom is -0.455 e. The number of methoxy groups -OCH3 is 1. The number of amides is 1. The fourth-order valence-electron chi connectivity index (χ4n) is 1.26. The Hall–Kier alpha value is -1.97. The van der Waals surface area contributed by atoms with E-state index >= 15 is 0 Å². The zero-order valence-corrected chi connectivity index (χ0v) is 12.0. The van der Waals surface area contributed by atoms with Crippen molar-refractivity contribution >= 4 is 23.9 Å². The Morgan fingerprint density at radius 3 is 2.36 bits per heavy atom. The molecule has 0 aliphatic rings. The third-order valence-electron chi connectivity index (χ3n) is 2.54. The number of rotatable bonds is 9. The molecule has 0 bridgehead atoms. The van der Waals surface area contributed by atoms with Crippen LogP contribution in [0.2, 0.25) is 0 Å². The molecule has 0 aromatic heterocycles. The second-order valence-corrected chi connectivity index (χ2v) is 4.31. The van der Waals surface area contributed by atoms with E-state index in [1.165, 1.54) is 14.0 Å². The SMILES string of the molecule is CO[C@@H](C)C(=O)N[C@@H](CCC(=O)C=N)C(=O)OCC(F)(F)F. The van der Waals surface area contributed by atoms with Crippen LogP contribution in [0.1, 0.15) is 19.8 Å². The number of ether oxygens (including phenoxy) is 2. The van der Waals surface area contributed by atoms with Crippen LogP contribution in [0, 0.1) is 5.41 Å². The van der Waals surface area contributed by atoms with Crippen molar-refractivity contribution in [2.24, 2.45) is 0 Å². The van der Waals surface area contributed by atoms with Gasteiger partial charge >= 0.3 is 12.1 Å². The molecule has 0 unspecified atom stereocenters. The van der Waals surface area contributed by atoms with Crippen LogP contribution in [0.25, 0.3) is 0 Å². The molecule has 0 radical (unpaired) electrons. The maximum absolute atomic E-state index is 12.0. The van der Waals surface area contributed by atoms with Crippen molar-refractivity contribution < 1.29 is 37.0 Å². The molecule has 0 saturated heterocycles. The molecule has 2 atom stereocenters. The number of alkyl halides is 3. The number of Topliss-reactive ketones (excluding diaryl/α,β-unsaturated/α-hetero) is 1. The summed E-state index contributed by atoms with van der Waals surface area (Å²) in [6.07, 6.45) is -5.70. The molecule has 0 aliphatic carbocycles. The number of hydrogen-bond donors (Lipinski definition) is 2. The largest absolute Gasteiger partial charge is 0.455 e. The van der Waals surface area contributed by atoms with Gasteiger partial charge in [-0.05, 0) is 13.3 Å². The third kappa shape index (κ3) is 8.35. The lowest BCUT2D eigenvalue weighted by Gasteiger charge is -2.19. The molecule has 0 aromatic rings. The van der Waals surface area contributed by atoms with Gasteiger partial charge in [-0.3, -0.25) is 9.59 Å². The summed E-state index contributed by atoms with van der Waals surface area (Å²) < 4.78 is 44.8. The normalized spacial score (nSPS) is 13.9. The van der Waals surface area contributed by atoms with Crippen molar-refractivity contribution in [3.05, 3.63) is 0 Å². The summed E-state index contributed by atoms with van der Waals surface area (Å²) in [4.78, 5) is 34.2. The maximum Gasteiger partial charge on any atom is 0.422 e. The highest BCUT2D eigenvalue weighted by Gasteiger charge is 2.32. The average Bonchev–Trinajstić information content (AvgIpc) is 2.46. The molecule has 0 heterocycles. The number of nitrogens with one attached hydrogen (secondary N) is 2. The fourth-order valence-corrected chi connectivity index (χ4v) is 1.26. The van der Waals surface area contributed by atoms with Crippen LogP contribution in [0.3, 0.4) is 0 Å². The van der Waals surface area contributed by atoms with Gasteiger partial charge in [0.2, 0.25) is 5.91 Å². The highest BCUT2D eigenvalue weighted by atomic mass is 19.4. The zero-order valence-electron chi connectivity index (χ0n) is 12.0. The van der Waals surface area contributed by atoms with Gasteiger partial charge in [0, 0.05) is 13.5 Å². The summed E-state index contributed by atoms with van der Waals surface area (Å²) >= 11 is 0. The van der Waals surface area contributed by atoms with E-state index in [1.807, 2.05) is 0 Å². The second kappa shape index (κ2) is 9.13. The number of halogens is 3. The van der Waals surface area contributed by atoms with Crippen LogP contribution in [0.4, 0.5) is 13.2 Å². The predicted molar refractivity (Wildman–Crippen MR) is 68.4 cm³/mol. The van der Waals surface area contributed by atoms with Gasteiger partial charge in [0.05, 0.1) is 6.21 Å². The van der Waals surface area contributed by atoms with E-state index in [9.17, 15) is 27.6 Å². The topological polar surface area (TPSA) is 106 Å². The maximum atomic E-state index is 12.0. The molecule has 126 valence electrons. The van der Waals surface area contributed by atoms with E-state index in [2.05, 4.69) is 10.1 Å². The zero-order chi connectivity index (χ0) is 17.3. The lowest BCUT2D eigenvalue weighted by molar-refractivity contribution is -0.188. The van der Waals surface area contributed by atoms with Gasteiger partial charge < -0.3 is 20.2 Å². The van der Waals surface area contributed by atoms with Gasteiger partial charge in [0.25, 0.3) is 0 Å². The van der Waals surface area contributed by atoms with Crippen LogP contribution in [-0.2, 0) is 23.9 Å². The first-order valence-electron chi connectivity index (χ1n) is 6.20. The minimum absolute atomic E-state index is 0.285. The van der Waals surface area contributed by atoms with Gasteiger partial charge in [-0.15, -0.1) is 0 Å². The second-order valence-electron chi connectivity index (χ2n) is 4.31. The molecule has 0 saturated carbocycles. The number of carbonyl (C=O) groups is 3. The number of esters is 1. The van der Waals surface area contributed by atoms with Crippen molar-refractivity contribution in [3.63, 3.8) is 0 Å². The fraction of sp³-hybridized carbons (Fsp3) is 0.667. The molecule has 22 heavy (non-hydrogen) atoms. The molecular formula is C12H17F3N2O5. The molecule has 7 nitrogen and oxygen atoms in total. The van der Waals surface area contributed by atoms with Crippen molar-refractivity contribution in [2.75, 3.05) is 13.7 Å². The van der Waals surface area contributed by atoms with E-state index in [0.717, 1.165) is 0 Å². The van der Waals surface area contributed by atoms with E-state index in [4.69, 9.17) is 10.1 Å². The van der Waals surface area contributed by atoms with Gasteiger partial charge in [0.1, 0.15) is 12.1 Å². The van der Waals surface area contributed by atoms with Crippen LogP contribution in [-0.4, -0.2) is 55.9 Å². The molecule has 1 amide bonds. The lowest BCUT2D eigenvalue weighted by Crippen LogP contribution is -2.46. The van der Waals surface area contributed by atoms with Crippen LogP contribution >= 0.6 is 0 Å². The highest BCUT2D eigenvalue weighted by Crippen LogP contribution is 2.15. The standard InChI is InChI=1S/C12H17F3N2O5/c1-7(21-2)10(19)17-9(4-3-8(18)5-16)11(20)22-6-12(13,14)15/h5,7,9,16H,3-4,6H2,1-2H3,(H,17,19)/t7-,9-/m0/s1. The average molecular weight is 326 g/mol. The first kappa shape index (κ1) is 20.0. The van der Waals surface area contributed by atoms with Crippen LogP contribution in [0.5, 0.6) is 0 Å². The molecule has 0 rings (SSSR count). The summed E-state index contributed by atoms with van der Waals surface area (Å²) in [7, 11) is 1.24. The molecule has 0 aliphatic heterocycles. The molecule has 2 N–H and O–H groups in total. The van der Waals surface area contributed by atoms with Gasteiger partial charge in [0.15, 0.2) is 12.4 Å². The lowest BCUT2D eigenvalue weighted by atomic mass is 10.1. The van der Waals surface area contributed by atoms with Crippen LogP contribution in [0.15, 0.2) is 0 Å². The Morgan fingerprint density at radius 2 is 1.91 bits per heavy atom. The predicted octanol–water partition coefficient (Wildman–Crippen LogP) is 0.610. The minimum atomic E-state index is -4.70. The van der Waals surface area contributed by atoms with E-state index < -0.39 is 42.6 Å². The summed E-state index contributed by atoms with van der Waals surface area (Å²) in [6, 6.07) is -1.43. The summed E-state index contributed by atoms with van der Waals surface area (Å²) in [5.41, 5.74) is 0.